The molecule has 1 saturated heterocycles. The maximum absolute atomic E-state index is 12.2. The van der Waals surface area contributed by atoms with Gasteiger partial charge in [0.25, 0.3) is 11.8 Å². The molecule has 76 heavy (non-hydrogen) atoms. The van der Waals surface area contributed by atoms with E-state index in [2.05, 4.69) is 40.0 Å². The highest BCUT2D eigenvalue weighted by Crippen LogP contribution is 2.37. The maximum Gasteiger partial charge on any atom is 0.573 e. The number of aromatic nitrogens is 4. The number of benzene rings is 4. The van der Waals surface area contributed by atoms with Gasteiger partial charge in [-0.3, -0.25) is 19.2 Å². The van der Waals surface area contributed by atoms with Crippen molar-refractivity contribution < 1.29 is 73.8 Å². The second kappa shape index (κ2) is 24.3. The lowest BCUT2D eigenvalue weighted by Crippen LogP contribution is -2.41. The molecule has 4 aromatic carbocycles. The lowest BCUT2D eigenvalue weighted by Gasteiger charge is -2.32. The third-order valence-corrected chi connectivity index (χ3v) is 10.8. The molecular weight excluding hydrogens is 1040 g/mol. The quantitative estimate of drug-likeness (QED) is 0.0312. The van der Waals surface area contributed by atoms with Crippen LogP contribution < -0.4 is 58.0 Å². The molecule has 3 heterocycles. The normalized spacial score (nSPS) is 14.2. The van der Waals surface area contributed by atoms with E-state index in [1.54, 1.807) is 43.3 Å². The van der Waals surface area contributed by atoms with Crippen LogP contribution in [-0.4, -0.2) is 86.7 Å². The van der Waals surface area contributed by atoms with Crippen molar-refractivity contribution >= 4 is 59.4 Å². The van der Waals surface area contributed by atoms with Gasteiger partial charge in [-0.25, -0.2) is 19.9 Å². The predicted molar refractivity (Wildman–Crippen MR) is 265 cm³/mol. The summed E-state index contributed by atoms with van der Waals surface area (Å²) in [5.41, 5.74) is 21.1. The molecule has 402 valence electrons. The molecule has 0 aliphatic carbocycles. The second-order valence-electron chi connectivity index (χ2n) is 17.1. The molecule has 20 nitrogen and oxygen atoms in total. The zero-order valence-corrected chi connectivity index (χ0v) is 41.7. The van der Waals surface area contributed by atoms with Gasteiger partial charge >= 0.3 is 19.8 Å². The van der Waals surface area contributed by atoms with Crippen LogP contribution in [0.3, 0.4) is 0 Å². The van der Waals surface area contributed by atoms with Crippen LogP contribution in [-0.2, 0) is 18.9 Å². The molecule has 0 unspecified atom stereocenters. The molecule has 1 fully saturated rings. The highest BCUT2D eigenvalue weighted by molar-refractivity contribution is 6.62. The number of primary amides is 4. The Bertz CT molecular complexity index is 2980. The Kier molecular flexibility index (Phi) is 18.7. The first-order valence-corrected chi connectivity index (χ1v) is 22.5. The topological polar surface area (TPSA) is 303 Å². The summed E-state index contributed by atoms with van der Waals surface area (Å²) < 4.78 is 104. The van der Waals surface area contributed by atoms with Gasteiger partial charge < -0.3 is 61.8 Å². The van der Waals surface area contributed by atoms with E-state index >= 15 is 0 Å². The van der Waals surface area contributed by atoms with Crippen molar-refractivity contribution in [2.45, 2.75) is 77.6 Å². The molecule has 6 aromatic rings. The van der Waals surface area contributed by atoms with Gasteiger partial charge in [0.15, 0.2) is 5.82 Å². The van der Waals surface area contributed by atoms with Crippen LogP contribution in [0.25, 0.3) is 11.4 Å². The van der Waals surface area contributed by atoms with Gasteiger partial charge in [-0.05, 0) is 144 Å². The fourth-order valence-corrected chi connectivity index (χ4v) is 6.20. The molecule has 2 aromatic heterocycles. The van der Waals surface area contributed by atoms with E-state index in [1.807, 2.05) is 39.8 Å². The average molecular weight is 1090 g/mol. The fraction of sp³-hybridized carbons (Fsp3) is 0.250. The monoisotopic (exact) mass is 1080 g/mol. The summed E-state index contributed by atoms with van der Waals surface area (Å²) in [5, 5.41) is 5.29. The van der Waals surface area contributed by atoms with Crippen LogP contribution in [0.5, 0.6) is 34.5 Å². The first-order chi connectivity index (χ1) is 35.3. The molecule has 1 aliphatic heterocycles. The summed E-state index contributed by atoms with van der Waals surface area (Å²) in [5.74, 6) is -1.21. The third kappa shape index (κ3) is 17.6. The first-order valence-electron chi connectivity index (χ1n) is 22.1. The van der Waals surface area contributed by atoms with Crippen molar-refractivity contribution in [2.75, 3.05) is 10.6 Å². The van der Waals surface area contributed by atoms with E-state index in [0.29, 0.717) is 22.8 Å². The summed E-state index contributed by atoms with van der Waals surface area (Å²) >= 11 is 5.57. The standard InChI is InChI=1S/C21H18F3N5O4.C19H20BF3O4.C8H10ClN5O2/c1-11(18(25)30)27-17-10-16(19(26)31)28-20(29-17)12-2-4-13(5-3-12)32-14-6-8-15(9-7-14)33-21(22,23)24;1-17(2)18(3,4)27-20(26-17)13-5-7-14(8-6-13)24-15-9-11-16(12-10-15)25-19(21,22)23;1-3(6(10)15)12-5-2-4(7(11)16)13-8(9)14-5/h2-11H,1H3,(H2,25,30)(H2,26,31)(H,27,28,29);5-12H,1-4H3;2-3H,1H3,(H2,10,15)(H2,11,16)(H,12,13,14)/t11-;;3-/m0.0/s1. The molecule has 0 spiro atoms. The summed E-state index contributed by atoms with van der Waals surface area (Å²) in [7, 11) is -0.470. The first kappa shape index (κ1) is 58.5. The van der Waals surface area contributed by atoms with Crippen LogP contribution >= 0.6 is 11.6 Å². The highest BCUT2D eigenvalue weighted by Gasteiger charge is 2.51. The van der Waals surface area contributed by atoms with Gasteiger partial charge in [0.1, 0.15) is 69.6 Å². The third-order valence-electron chi connectivity index (χ3n) is 10.6. The molecule has 28 heteroatoms. The number of hydrogen-bond acceptors (Lipinski definition) is 16. The number of nitrogens with zero attached hydrogens (tertiary/aromatic N) is 4. The predicted octanol–water partition coefficient (Wildman–Crippen LogP) is 7.41. The number of rotatable bonds is 16. The molecule has 0 bridgehead atoms. The van der Waals surface area contributed by atoms with Crippen molar-refractivity contribution in [1.29, 1.82) is 0 Å². The Morgan fingerprint density at radius 3 is 1.26 bits per heavy atom. The van der Waals surface area contributed by atoms with Crippen LogP contribution in [0.4, 0.5) is 38.0 Å². The number of anilines is 2. The van der Waals surface area contributed by atoms with E-state index in [0.717, 1.165) is 17.6 Å². The number of halogens is 7. The molecule has 10 N–H and O–H groups in total. The molecule has 4 amide bonds. The van der Waals surface area contributed by atoms with E-state index in [4.69, 9.17) is 53.3 Å². The van der Waals surface area contributed by atoms with Gasteiger partial charge in [0, 0.05) is 17.7 Å². The van der Waals surface area contributed by atoms with Crippen LogP contribution in [0.2, 0.25) is 5.28 Å². The summed E-state index contributed by atoms with van der Waals surface area (Å²) in [4.78, 5) is 60.4. The van der Waals surface area contributed by atoms with Crippen LogP contribution in [0.1, 0.15) is 62.5 Å². The number of amides is 4. The van der Waals surface area contributed by atoms with Gasteiger partial charge in [-0.2, -0.15) is 0 Å². The van der Waals surface area contributed by atoms with Crippen molar-refractivity contribution in [2.24, 2.45) is 22.9 Å². The molecule has 0 radical (unpaired) electrons. The lowest BCUT2D eigenvalue weighted by atomic mass is 9.79. The minimum atomic E-state index is -4.78. The Hall–Kier alpha value is -8.43. The smallest absolute Gasteiger partial charge is 0.457 e. The number of nitrogens with one attached hydrogen (secondary N) is 2. The summed E-state index contributed by atoms with van der Waals surface area (Å²) in [6.45, 7) is 11.0. The second-order valence-corrected chi connectivity index (χ2v) is 17.4. The molecule has 2 atom stereocenters. The Labute approximate surface area is 434 Å². The zero-order chi connectivity index (χ0) is 56.3. The number of nitrogens with two attached hydrogens (primary N) is 4. The molecule has 7 rings (SSSR count). The van der Waals surface area contributed by atoms with Gasteiger partial charge in [0.2, 0.25) is 17.1 Å². The number of hydrogen-bond donors (Lipinski definition) is 6. The molecule has 0 saturated carbocycles. The Morgan fingerprint density at radius 1 is 0.553 bits per heavy atom. The maximum atomic E-state index is 12.2. The molecule has 1 aliphatic rings. The Morgan fingerprint density at radius 2 is 0.895 bits per heavy atom. The number of ether oxygens (including phenoxy) is 4. The summed E-state index contributed by atoms with van der Waals surface area (Å²) in [6, 6.07) is 24.8. The van der Waals surface area contributed by atoms with Gasteiger partial charge in [-0.15, -0.1) is 26.3 Å². The zero-order valence-electron chi connectivity index (χ0n) is 41.0. The summed E-state index contributed by atoms with van der Waals surface area (Å²) in [6.07, 6.45) is -9.49. The average Bonchev–Trinajstić information content (AvgIpc) is 3.55. The fourth-order valence-electron chi connectivity index (χ4n) is 6.02. The van der Waals surface area contributed by atoms with Gasteiger partial charge in [-0.1, -0.05) is 12.1 Å². The van der Waals surface area contributed by atoms with Crippen molar-refractivity contribution in [3.05, 3.63) is 126 Å². The number of carbonyl (C=O) groups is 4. The van der Waals surface area contributed by atoms with Crippen LogP contribution in [0, 0.1) is 0 Å². The minimum absolute atomic E-state index is 0.0424. The van der Waals surface area contributed by atoms with Gasteiger partial charge in [0.05, 0.1) is 11.2 Å². The van der Waals surface area contributed by atoms with E-state index in [1.165, 1.54) is 55.5 Å². The van der Waals surface area contributed by atoms with E-state index in [9.17, 15) is 45.5 Å². The minimum Gasteiger partial charge on any atom is -0.457 e. The Balaban J connectivity index is 0.000000223. The number of carbonyl (C=O) groups excluding carboxylic acids is 4. The van der Waals surface area contributed by atoms with E-state index < -0.39 is 66.8 Å². The highest BCUT2D eigenvalue weighted by atomic mass is 35.5. The van der Waals surface area contributed by atoms with Crippen LogP contribution in [0.15, 0.2) is 109 Å². The van der Waals surface area contributed by atoms with Crippen molar-refractivity contribution in [1.82, 2.24) is 19.9 Å². The van der Waals surface area contributed by atoms with Crippen molar-refractivity contribution in [3.8, 4) is 45.9 Å². The number of alkyl halides is 6. The van der Waals surface area contributed by atoms with Crippen molar-refractivity contribution in [3.63, 3.8) is 0 Å². The molecular formula is C48H48BClF6N10O10. The largest absolute Gasteiger partial charge is 0.573 e. The lowest BCUT2D eigenvalue weighted by molar-refractivity contribution is -0.275. The SMILES string of the molecule is CC1(C)OB(c2ccc(Oc3ccc(OC(F)(F)F)cc3)cc2)OC1(C)C.C[C@H](Nc1cc(C(N)=O)nc(-c2ccc(Oc3ccc(OC(F)(F)F)cc3)cc2)n1)C(N)=O.C[C@H](Nc1cc(C(N)=O)nc(Cl)n1)C(N)=O. The van der Waals surface area contributed by atoms with E-state index in [-0.39, 0.29) is 51.4 Å².